The van der Waals surface area contributed by atoms with E-state index in [0.717, 1.165) is 16.7 Å². The van der Waals surface area contributed by atoms with Crippen molar-refractivity contribution in [2.45, 2.75) is 6.92 Å². The van der Waals surface area contributed by atoms with Gasteiger partial charge in [0, 0.05) is 0 Å². The summed E-state index contributed by atoms with van der Waals surface area (Å²) in [7, 11) is 0. The van der Waals surface area contributed by atoms with Crippen LogP contribution in [0.5, 0.6) is 0 Å². The van der Waals surface area contributed by atoms with Crippen molar-refractivity contribution < 1.29 is 4.79 Å². The van der Waals surface area contributed by atoms with E-state index in [1.165, 1.54) is 0 Å². The summed E-state index contributed by atoms with van der Waals surface area (Å²) < 4.78 is 0. The molecule has 0 saturated heterocycles. The van der Waals surface area contributed by atoms with E-state index in [0.29, 0.717) is 0 Å². The van der Waals surface area contributed by atoms with Crippen LogP contribution in [0.15, 0.2) is 35.9 Å². The molecule has 0 radical (unpaired) electrons. The van der Waals surface area contributed by atoms with Crippen LogP contribution < -0.4 is 5.73 Å². The van der Waals surface area contributed by atoms with Gasteiger partial charge in [0.1, 0.15) is 0 Å². The standard InChI is InChI=1S/C11H11NO/c1-7-9(10(7)11(12)13)8-5-3-2-4-6-8/h2-6,10H,1H3,(H2,12,13). The molecule has 2 heteroatoms. The summed E-state index contributed by atoms with van der Waals surface area (Å²) in [5.41, 5.74) is 8.56. The molecule has 13 heavy (non-hydrogen) atoms. The van der Waals surface area contributed by atoms with Crippen LogP contribution in [-0.2, 0) is 4.79 Å². The molecule has 2 nitrogen and oxygen atoms in total. The lowest BCUT2D eigenvalue weighted by atomic mass is 10.1. The largest absolute Gasteiger partial charge is 0.369 e. The van der Waals surface area contributed by atoms with Crippen LogP contribution in [0.3, 0.4) is 0 Å². The molecule has 1 aromatic carbocycles. The highest BCUT2D eigenvalue weighted by molar-refractivity contribution is 6.05. The number of carbonyl (C=O) groups excluding carboxylic acids is 1. The van der Waals surface area contributed by atoms with Gasteiger partial charge in [0.2, 0.25) is 5.91 Å². The number of primary amides is 1. The zero-order valence-corrected chi connectivity index (χ0v) is 7.45. The highest BCUT2D eigenvalue weighted by Gasteiger charge is 2.38. The molecule has 1 amide bonds. The molecule has 0 aliphatic heterocycles. The van der Waals surface area contributed by atoms with Crippen LogP contribution in [0.1, 0.15) is 12.5 Å². The molecule has 0 aromatic heterocycles. The minimum absolute atomic E-state index is 0.109. The van der Waals surface area contributed by atoms with Gasteiger partial charge in [-0.1, -0.05) is 35.9 Å². The van der Waals surface area contributed by atoms with Gasteiger partial charge in [-0.3, -0.25) is 4.79 Å². The van der Waals surface area contributed by atoms with Crippen LogP contribution in [0.25, 0.3) is 5.57 Å². The third-order valence-corrected chi connectivity index (χ3v) is 2.43. The molecule has 2 rings (SSSR count). The molecular formula is C11H11NO. The van der Waals surface area contributed by atoms with Gasteiger partial charge >= 0.3 is 0 Å². The highest BCUT2D eigenvalue weighted by atomic mass is 16.1. The molecular weight excluding hydrogens is 162 g/mol. The van der Waals surface area contributed by atoms with Crippen LogP contribution in [-0.4, -0.2) is 5.91 Å². The average Bonchev–Trinajstić information content (AvgIpc) is 2.79. The summed E-state index contributed by atoms with van der Waals surface area (Å²) in [6.07, 6.45) is 0. The van der Waals surface area contributed by atoms with Gasteiger partial charge in [0.25, 0.3) is 0 Å². The normalized spacial score (nSPS) is 20.2. The van der Waals surface area contributed by atoms with Crippen LogP contribution in [0.4, 0.5) is 0 Å². The lowest BCUT2D eigenvalue weighted by Crippen LogP contribution is -2.15. The molecule has 0 spiro atoms. The second kappa shape index (κ2) is 2.73. The number of amides is 1. The predicted octanol–water partition coefficient (Wildman–Crippen LogP) is 1.58. The first-order chi connectivity index (χ1) is 6.22. The summed E-state index contributed by atoms with van der Waals surface area (Å²) in [4.78, 5) is 10.9. The lowest BCUT2D eigenvalue weighted by Gasteiger charge is -1.95. The topological polar surface area (TPSA) is 43.1 Å². The molecule has 2 N–H and O–H groups in total. The van der Waals surface area contributed by atoms with Crippen molar-refractivity contribution in [3.63, 3.8) is 0 Å². The molecule has 0 saturated carbocycles. The highest BCUT2D eigenvalue weighted by Crippen LogP contribution is 2.45. The Hall–Kier alpha value is -1.57. The maximum atomic E-state index is 10.9. The minimum Gasteiger partial charge on any atom is -0.369 e. The molecule has 1 atom stereocenters. The zero-order valence-electron chi connectivity index (χ0n) is 7.45. The number of hydrogen-bond acceptors (Lipinski definition) is 1. The Balaban J connectivity index is 2.27. The van der Waals surface area contributed by atoms with Gasteiger partial charge in [-0.15, -0.1) is 0 Å². The maximum Gasteiger partial charge on any atom is 0.229 e. The molecule has 0 bridgehead atoms. The average molecular weight is 173 g/mol. The first-order valence-corrected chi connectivity index (χ1v) is 4.27. The number of nitrogens with two attached hydrogens (primary N) is 1. The van der Waals surface area contributed by atoms with E-state index in [9.17, 15) is 4.79 Å². The van der Waals surface area contributed by atoms with E-state index < -0.39 is 0 Å². The fraction of sp³-hybridized carbons (Fsp3) is 0.182. The molecule has 1 aromatic rings. The molecule has 0 heterocycles. The van der Waals surface area contributed by atoms with Crippen molar-refractivity contribution in [2.75, 3.05) is 0 Å². The minimum atomic E-state index is -0.239. The monoisotopic (exact) mass is 173 g/mol. The summed E-state index contributed by atoms with van der Waals surface area (Å²) in [6.45, 7) is 1.96. The van der Waals surface area contributed by atoms with Crippen LogP contribution >= 0.6 is 0 Å². The van der Waals surface area contributed by atoms with Crippen LogP contribution in [0.2, 0.25) is 0 Å². The van der Waals surface area contributed by atoms with Crippen molar-refractivity contribution in [3.8, 4) is 0 Å². The molecule has 0 fully saturated rings. The van der Waals surface area contributed by atoms with E-state index in [1.807, 2.05) is 37.3 Å². The third-order valence-electron chi connectivity index (χ3n) is 2.43. The Morgan fingerprint density at radius 1 is 1.31 bits per heavy atom. The lowest BCUT2D eigenvalue weighted by molar-refractivity contribution is -0.118. The molecule has 1 aliphatic carbocycles. The molecule has 1 unspecified atom stereocenters. The van der Waals surface area contributed by atoms with E-state index in [-0.39, 0.29) is 11.8 Å². The summed E-state index contributed by atoms with van der Waals surface area (Å²) >= 11 is 0. The fourth-order valence-corrected chi connectivity index (χ4v) is 1.70. The Kier molecular flexibility index (Phi) is 1.69. The Bertz CT molecular complexity index is 378. The van der Waals surface area contributed by atoms with Crippen LogP contribution in [0, 0.1) is 5.92 Å². The zero-order chi connectivity index (χ0) is 9.42. The predicted molar refractivity (Wildman–Crippen MR) is 51.7 cm³/mol. The number of hydrogen-bond donors (Lipinski definition) is 1. The second-order valence-corrected chi connectivity index (χ2v) is 3.30. The quantitative estimate of drug-likeness (QED) is 0.724. The smallest absolute Gasteiger partial charge is 0.229 e. The number of carbonyl (C=O) groups is 1. The second-order valence-electron chi connectivity index (χ2n) is 3.30. The van der Waals surface area contributed by atoms with E-state index in [4.69, 9.17) is 5.73 Å². The third kappa shape index (κ3) is 1.24. The number of rotatable bonds is 2. The molecule has 66 valence electrons. The first-order valence-electron chi connectivity index (χ1n) is 4.27. The summed E-state index contributed by atoms with van der Waals surface area (Å²) in [6, 6.07) is 9.89. The maximum absolute atomic E-state index is 10.9. The first kappa shape index (κ1) is 8.05. The Morgan fingerprint density at radius 2 is 1.92 bits per heavy atom. The van der Waals surface area contributed by atoms with E-state index >= 15 is 0 Å². The Labute approximate surface area is 77.1 Å². The van der Waals surface area contributed by atoms with E-state index in [1.54, 1.807) is 0 Å². The van der Waals surface area contributed by atoms with Gasteiger partial charge in [-0.25, -0.2) is 0 Å². The fourth-order valence-electron chi connectivity index (χ4n) is 1.70. The van der Waals surface area contributed by atoms with Crippen molar-refractivity contribution in [2.24, 2.45) is 11.7 Å². The van der Waals surface area contributed by atoms with E-state index in [2.05, 4.69) is 0 Å². The van der Waals surface area contributed by atoms with Gasteiger partial charge in [-0.05, 0) is 18.1 Å². The SMILES string of the molecule is CC1=C(c2ccccc2)C1C(N)=O. The van der Waals surface area contributed by atoms with Crippen molar-refractivity contribution in [1.82, 2.24) is 0 Å². The number of benzene rings is 1. The summed E-state index contributed by atoms with van der Waals surface area (Å²) in [5, 5.41) is 0. The van der Waals surface area contributed by atoms with Crippen molar-refractivity contribution >= 4 is 11.5 Å². The van der Waals surface area contributed by atoms with Gasteiger partial charge < -0.3 is 5.73 Å². The molecule has 1 aliphatic rings. The summed E-state index contributed by atoms with van der Waals surface area (Å²) in [5.74, 6) is -0.348. The van der Waals surface area contributed by atoms with Gasteiger partial charge in [-0.2, -0.15) is 0 Å². The van der Waals surface area contributed by atoms with Gasteiger partial charge in [0.05, 0.1) is 5.92 Å². The van der Waals surface area contributed by atoms with Crippen molar-refractivity contribution in [3.05, 3.63) is 41.5 Å². The Morgan fingerprint density at radius 3 is 2.38 bits per heavy atom. The van der Waals surface area contributed by atoms with Gasteiger partial charge in [0.15, 0.2) is 0 Å². The van der Waals surface area contributed by atoms with Crippen molar-refractivity contribution in [1.29, 1.82) is 0 Å².